The summed E-state index contributed by atoms with van der Waals surface area (Å²) in [5.74, 6) is 0.0326. The van der Waals surface area contributed by atoms with Gasteiger partial charge in [-0.2, -0.15) is 13.2 Å². The van der Waals surface area contributed by atoms with Crippen LogP contribution in [-0.4, -0.2) is 31.5 Å². The van der Waals surface area contributed by atoms with Gasteiger partial charge in [0.2, 0.25) is 10.0 Å². The largest absolute Gasteiger partial charge is 0.417 e. The topological polar surface area (TPSA) is 84.0 Å². The lowest BCUT2D eigenvalue weighted by Crippen LogP contribution is -2.29. The standard InChI is InChI=1S/C13H12ClF3N4O2S/c14-11-6-9(13(15,16)17)7-20-12(11)19-4-5-21-24(22,23)10-2-1-3-18-8-10/h1-3,6-8,21H,4-5H2,(H,19,20). The van der Waals surface area contributed by atoms with Gasteiger partial charge < -0.3 is 5.32 Å². The number of halogens is 4. The predicted molar refractivity (Wildman–Crippen MR) is 82.2 cm³/mol. The first-order valence-corrected chi connectivity index (χ1v) is 8.42. The van der Waals surface area contributed by atoms with E-state index in [-0.39, 0.29) is 28.8 Å². The molecule has 0 amide bonds. The lowest BCUT2D eigenvalue weighted by Gasteiger charge is -2.11. The second-order valence-corrected chi connectivity index (χ2v) is 6.74. The molecule has 0 unspecified atom stereocenters. The minimum Gasteiger partial charge on any atom is -0.368 e. The van der Waals surface area contributed by atoms with Crippen LogP contribution in [0.1, 0.15) is 5.56 Å². The molecule has 0 aliphatic carbocycles. The number of sulfonamides is 1. The Labute approximate surface area is 141 Å². The van der Waals surface area contributed by atoms with Gasteiger partial charge in [-0.25, -0.2) is 18.1 Å². The smallest absolute Gasteiger partial charge is 0.368 e. The van der Waals surface area contributed by atoms with E-state index in [1.54, 1.807) is 0 Å². The van der Waals surface area contributed by atoms with Gasteiger partial charge in [0, 0.05) is 31.7 Å². The van der Waals surface area contributed by atoms with E-state index >= 15 is 0 Å². The van der Waals surface area contributed by atoms with Crippen LogP contribution in [0.5, 0.6) is 0 Å². The summed E-state index contributed by atoms with van der Waals surface area (Å²) >= 11 is 5.73. The van der Waals surface area contributed by atoms with E-state index in [4.69, 9.17) is 11.6 Å². The minimum absolute atomic E-state index is 0.00990. The number of hydrogen-bond acceptors (Lipinski definition) is 5. The monoisotopic (exact) mass is 380 g/mol. The van der Waals surface area contributed by atoms with Gasteiger partial charge in [0.05, 0.1) is 10.6 Å². The van der Waals surface area contributed by atoms with Gasteiger partial charge >= 0.3 is 6.18 Å². The van der Waals surface area contributed by atoms with Crippen LogP contribution in [0.25, 0.3) is 0 Å². The first-order valence-electron chi connectivity index (χ1n) is 6.56. The molecule has 24 heavy (non-hydrogen) atoms. The van der Waals surface area contributed by atoms with E-state index in [2.05, 4.69) is 20.0 Å². The number of anilines is 1. The van der Waals surface area contributed by atoms with Crippen molar-refractivity contribution in [3.8, 4) is 0 Å². The van der Waals surface area contributed by atoms with Crippen LogP contribution in [0, 0.1) is 0 Å². The molecule has 0 atom stereocenters. The Morgan fingerprint density at radius 3 is 2.54 bits per heavy atom. The number of aromatic nitrogens is 2. The Bertz CT molecular complexity index is 801. The Kier molecular flexibility index (Phi) is 5.62. The van der Waals surface area contributed by atoms with Crippen molar-refractivity contribution in [2.24, 2.45) is 0 Å². The van der Waals surface area contributed by atoms with Crippen molar-refractivity contribution in [3.63, 3.8) is 0 Å². The fourth-order valence-corrected chi connectivity index (χ4v) is 2.91. The van der Waals surface area contributed by atoms with Crippen molar-refractivity contribution in [1.29, 1.82) is 0 Å². The molecular formula is C13H12ClF3N4O2S. The highest BCUT2D eigenvalue weighted by atomic mass is 35.5. The van der Waals surface area contributed by atoms with E-state index in [1.165, 1.54) is 24.5 Å². The Hall–Kier alpha value is -1.91. The van der Waals surface area contributed by atoms with Crippen molar-refractivity contribution < 1.29 is 21.6 Å². The number of nitrogens with zero attached hydrogens (tertiary/aromatic N) is 2. The van der Waals surface area contributed by atoms with E-state index in [9.17, 15) is 21.6 Å². The van der Waals surface area contributed by atoms with Crippen LogP contribution in [0.2, 0.25) is 5.02 Å². The summed E-state index contributed by atoms with van der Waals surface area (Å²) in [7, 11) is -3.71. The van der Waals surface area contributed by atoms with Gasteiger partial charge in [0.15, 0.2) is 0 Å². The number of rotatable bonds is 6. The Morgan fingerprint density at radius 1 is 1.21 bits per heavy atom. The highest BCUT2D eigenvalue weighted by molar-refractivity contribution is 7.89. The summed E-state index contributed by atoms with van der Waals surface area (Å²) in [6, 6.07) is 3.62. The van der Waals surface area contributed by atoms with Gasteiger partial charge in [0.25, 0.3) is 0 Å². The van der Waals surface area contributed by atoms with Crippen LogP contribution in [0.4, 0.5) is 19.0 Å². The van der Waals surface area contributed by atoms with Crippen LogP contribution in [-0.2, 0) is 16.2 Å². The minimum atomic E-state index is -4.53. The van der Waals surface area contributed by atoms with Gasteiger partial charge in [0.1, 0.15) is 10.7 Å². The molecule has 0 saturated carbocycles. The molecule has 6 nitrogen and oxygen atoms in total. The van der Waals surface area contributed by atoms with Crippen LogP contribution < -0.4 is 10.0 Å². The average molecular weight is 381 g/mol. The molecule has 0 spiro atoms. The fourth-order valence-electron chi connectivity index (χ4n) is 1.68. The van der Waals surface area contributed by atoms with Crippen molar-refractivity contribution >= 4 is 27.4 Å². The SMILES string of the molecule is O=S(=O)(NCCNc1ncc(C(F)(F)F)cc1Cl)c1cccnc1. The van der Waals surface area contributed by atoms with Gasteiger partial charge in [-0.05, 0) is 18.2 Å². The Balaban J connectivity index is 1.91. The normalized spacial score (nSPS) is 12.2. The summed E-state index contributed by atoms with van der Waals surface area (Å²) in [5.41, 5.74) is -0.963. The molecular weight excluding hydrogens is 369 g/mol. The molecule has 2 N–H and O–H groups in total. The van der Waals surface area contributed by atoms with Crippen molar-refractivity contribution in [3.05, 3.63) is 47.4 Å². The second-order valence-electron chi connectivity index (χ2n) is 4.57. The van der Waals surface area contributed by atoms with Gasteiger partial charge in [-0.3, -0.25) is 4.98 Å². The zero-order chi connectivity index (χ0) is 17.8. The molecule has 0 aliphatic heterocycles. The first kappa shape index (κ1) is 18.4. The van der Waals surface area contributed by atoms with E-state index in [0.717, 1.165) is 6.07 Å². The highest BCUT2D eigenvalue weighted by Crippen LogP contribution is 2.32. The third kappa shape index (κ3) is 4.79. The summed E-state index contributed by atoms with van der Waals surface area (Å²) in [6.45, 7) is 0.0633. The zero-order valence-corrected chi connectivity index (χ0v) is 13.6. The fraction of sp³-hybridized carbons (Fsp3) is 0.231. The number of alkyl halides is 3. The third-order valence-electron chi connectivity index (χ3n) is 2.82. The van der Waals surface area contributed by atoms with E-state index in [0.29, 0.717) is 6.20 Å². The van der Waals surface area contributed by atoms with Crippen molar-refractivity contribution in [2.45, 2.75) is 11.1 Å². The summed E-state index contributed by atoms with van der Waals surface area (Å²) in [4.78, 5) is 7.31. The molecule has 0 radical (unpaired) electrons. The molecule has 0 bridgehead atoms. The number of nitrogens with one attached hydrogen (secondary N) is 2. The highest BCUT2D eigenvalue weighted by Gasteiger charge is 2.31. The summed E-state index contributed by atoms with van der Waals surface area (Å²) in [5, 5.41) is 2.45. The van der Waals surface area contributed by atoms with E-state index in [1.807, 2.05) is 0 Å². The van der Waals surface area contributed by atoms with Crippen LogP contribution in [0.15, 0.2) is 41.7 Å². The maximum Gasteiger partial charge on any atom is 0.417 e. The predicted octanol–water partition coefficient (Wildman–Crippen LogP) is 2.54. The molecule has 0 aliphatic rings. The van der Waals surface area contributed by atoms with Gasteiger partial charge in [-0.1, -0.05) is 11.6 Å². The third-order valence-corrected chi connectivity index (χ3v) is 4.56. The average Bonchev–Trinajstić information content (AvgIpc) is 2.52. The maximum absolute atomic E-state index is 12.5. The second kappa shape index (κ2) is 7.32. The summed E-state index contributed by atoms with van der Waals surface area (Å²) < 4.78 is 63.7. The Morgan fingerprint density at radius 2 is 1.96 bits per heavy atom. The van der Waals surface area contributed by atoms with Crippen molar-refractivity contribution in [2.75, 3.05) is 18.4 Å². The molecule has 0 fully saturated rings. The van der Waals surface area contributed by atoms with Crippen molar-refractivity contribution in [1.82, 2.24) is 14.7 Å². The molecule has 2 aromatic heterocycles. The molecule has 2 aromatic rings. The molecule has 2 heterocycles. The lowest BCUT2D eigenvalue weighted by molar-refractivity contribution is -0.137. The summed E-state index contributed by atoms with van der Waals surface area (Å²) in [6.07, 6.45) is -1.24. The van der Waals surface area contributed by atoms with Crippen LogP contribution >= 0.6 is 11.6 Å². The molecule has 0 aromatic carbocycles. The number of hydrogen-bond donors (Lipinski definition) is 2. The lowest BCUT2D eigenvalue weighted by atomic mass is 10.3. The number of pyridine rings is 2. The van der Waals surface area contributed by atoms with Gasteiger partial charge in [-0.15, -0.1) is 0 Å². The zero-order valence-electron chi connectivity index (χ0n) is 12.0. The quantitative estimate of drug-likeness (QED) is 0.752. The molecule has 0 saturated heterocycles. The first-order chi connectivity index (χ1) is 11.2. The molecule has 2 rings (SSSR count). The molecule has 11 heteroatoms. The van der Waals surface area contributed by atoms with Crippen LogP contribution in [0.3, 0.4) is 0 Å². The molecule has 130 valence electrons. The van der Waals surface area contributed by atoms with E-state index < -0.39 is 21.8 Å². The maximum atomic E-state index is 12.5.